The molecule has 0 aromatic heterocycles. The molecule has 1 aromatic carbocycles. The van der Waals surface area contributed by atoms with Gasteiger partial charge in [0.05, 0.1) is 0 Å². The van der Waals surface area contributed by atoms with Crippen molar-refractivity contribution in [2.45, 2.75) is 65.0 Å². The number of esters is 1. The van der Waals surface area contributed by atoms with Gasteiger partial charge in [0.15, 0.2) is 0 Å². The largest absolute Gasteiger partial charge is 0.460 e. The number of likely N-dealkylation sites (tertiary alicyclic amines) is 1. The third-order valence-corrected chi connectivity index (χ3v) is 8.02. The van der Waals surface area contributed by atoms with Crippen LogP contribution in [0.2, 0.25) is 5.02 Å². The van der Waals surface area contributed by atoms with Gasteiger partial charge in [-0.05, 0) is 61.3 Å². The van der Waals surface area contributed by atoms with Gasteiger partial charge in [-0.15, -0.1) is 0 Å². The SMILES string of the molecule is CC1(C)[C@@H]2CC[C@@]1(C)[C@H](OC(=O)C1CCC(=O)N1C(=O)c1ccc(Cl)cc1)C2. The molecule has 0 spiro atoms. The normalized spacial score (nSPS) is 33.4. The first-order chi connectivity index (χ1) is 13.1. The summed E-state index contributed by atoms with van der Waals surface area (Å²) in [6, 6.07) is 5.49. The predicted molar refractivity (Wildman–Crippen MR) is 105 cm³/mol. The zero-order valence-electron chi connectivity index (χ0n) is 16.5. The van der Waals surface area contributed by atoms with Crippen LogP contribution in [-0.4, -0.2) is 34.8 Å². The van der Waals surface area contributed by atoms with Crippen molar-refractivity contribution in [3.8, 4) is 0 Å². The minimum absolute atomic E-state index is 0.0546. The van der Waals surface area contributed by atoms with Gasteiger partial charge in [0.2, 0.25) is 5.91 Å². The number of carbonyl (C=O) groups is 3. The van der Waals surface area contributed by atoms with Crippen molar-refractivity contribution >= 4 is 29.4 Å². The molecule has 2 aliphatic carbocycles. The molecule has 1 unspecified atom stereocenters. The van der Waals surface area contributed by atoms with E-state index >= 15 is 0 Å². The Kier molecular flexibility index (Phi) is 4.57. The first-order valence-corrected chi connectivity index (χ1v) is 10.4. The molecular weight excluding hydrogens is 378 g/mol. The zero-order chi connectivity index (χ0) is 20.3. The fraction of sp³-hybridized carbons (Fsp3) is 0.591. The Morgan fingerprint density at radius 2 is 1.82 bits per heavy atom. The van der Waals surface area contributed by atoms with Crippen LogP contribution < -0.4 is 0 Å². The van der Waals surface area contributed by atoms with Gasteiger partial charge in [-0.3, -0.25) is 14.5 Å². The summed E-state index contributed by atoms with van der Waals surface area (Å²) >= 11 is 5.88. The van der Waals surface area contributed by atoms with E-state index in [1.54, 1.807) is 24.3 Å². The predicted octanol–water partition coefficient (Wildman–Crippen LogP) is 4.23. The second-order valence-electron chi connectivity index (χ2n) is 9.17. The van der Waals surface area contributed by atoms with Crippen LogP contribution in [-0.2, 0) is 14.3 Å². The monoisotopic (exact) mass is 403 g/mol. The van der Waals surface area contributed by atoms with E-state index < -0.39 is 17.9 Å². The van der Waals surface area contributed by atoms with Crippen LogP contribution in [0.25, 0.3) is 0 Å². The topological polar surface area (TPSA) is 63.7 Å². The lowest BCUT2D eigenvalue weighted by molar-refractivity contribution is -0.162. The van der Waals surface area contributed by atoms with Crippen molar-refractivity contribution in [1.82, 2.24) is 4.90 Å². The van der Waals surface area contributed by atoms with Gasteiger partial charge >= 0.3 is 5.97 Å². The number of nitrogens with zero attached hydrogens (tertiary/aromatic N) is 1. The fourth-order valence-corrected chi connectivity index (χ4v) is 5.55. The van der Waals surface area contributed by atoms with Gasteiger partial charge in [0.25, 0.3) is 5.91 Å². The molecule has 1 heterocycles. The highest BCUT2D eigenvalue weighted by Crippen LogP contribution is 2.66. The highest BCUT2D eigenvalue weighted by molar-refractivity contribution is 6.30. The van der Waals surface area contributed by atoms with Crippen LogP contribution in [0.1, 0.15) is 63.2 Å². The van der Waals surface area contributed by atoms with Gasteiger partial charge in [-0.25, -0.2) is 4.79 Å². The number of fused-ring (bicyclic) bond motifs is 2. The molecule has 0 N–H and O–H groups in total. The molecule has 4 rings (SSSR count). The third-order valence-electron chi connectivity index (χ3n) is 7.77. The Morgan fingerprint density at radius 3 is 2.39 bits per heavy atom. The Hall–Kier alpha value is -1.88. The first-order valence-electron chi connectivity index (χ1n) is 9.97. The van der Waals surface area contributed by atoms with Crippen molar-refractivity contribution in [2.24, 2.45) is 16.7 Å². The van der Waals surface area contributed by atoms with Gasteiger partial charge in [-0.1, -0.05) is 32.4 Å². The van der Waals surface area contributed by atoms with Crippen LogP contribution in [0.5, 0.6) is 0 Å². The highest BCUT2D eigenvalue weighted by Gasteiger charge is 2.63. The minimum Gasteiger partial charge on any atom is -0.460 e. The maximum atomic E-state index is 13.0. The molecule has 3 fully saturated rings. The molecule has 0 radical (unpaired) electrons. The van der Waals surface area contributed by atoms with Crippen LogP contribution in [0, 0.1) is 16.7 Å². The number of halogens is 1. The third kappa shape index (κ3) is 2.78. The molecule has 150 valence electrons. The molecule has 1 aliphatic heterocycles. The van der Waals surface area contributed by atoms with Gasteiger partial charge in [-0.2, -0.15) is 0 Å². The lowest BCUT2D eigenvalue weighted by atomic mass is 9.70. The molecule has 5 nitrogen and oxygen atoms in total. The number of carbonyl (C=O) groups excluding carboxylic acids is 3. The van der Waals surface area contributed by atoms with Gasteiger partial charge in [0.1, 0.15) is 12.1 Å². The maximum Gasteiger partial charge on any atom is 0.329 e. The molecule has 2 saturated carbocycles. The maximum absolute atomic E-state index is 13.0. The lowest BCUT2D eigenvalue weighted by Gasteiger charge is -2.39. The standard InChI is InChI=1S/C22H26ClNO4/c1-21(2)14-10-11-22(21,3)17(12-14)28-20(27)16-8-9-18(25)24(16)19(26)13-4-6-15(23)7-5-13/h4-7,14,16-17H,8-12H2,1-3H3/t14-,16?,17-,22+/m1/s1. The Labute approximate surface area is 170 Å². The summed E-state index contributed by atoms with van der Waals surface area (Å²) in [6.45, 7) is 6.72. The Morgan fingerprint density at radius 1 is 1.14 bits per heavy atom. The summed E-state index contributed by atoms with van der Waals surface area (Å²) in [7, 11) is 0. The van der Waals surface area contributed by atoms with Crippen LogP contribution in [0.15, 0.2) is 24.3 Å². The molecule has 1 saturated heterocycles. The molecule has 2 bridgehead atoms. The number of rotatable bonds is 3. The van der Waals surface area contributed by atoms with Crippen LogP contribution in [0.4, 0.5) is 0 Å². The van der Waals surface area contributed by atoms with E-state index in [-0.39, 0.29) is 29.3 Å². The van der Waals surface area contributed by atoms with Crippen molar-refractivity contribution < 1.29 is 19.1 Å². The second-order valence-corrected chi connectivity index (χ2v) is 9.60. The first kappa shape index (κ1) is 19.4. The Balaban J connectivity index is 1.52. The van der Waals surface area contributed by atoms with E-state index in [1.165, 1.54) is 6.42 Å². The smallest absolute Gasteiger partial charge is 0.329 e. The minimum atomic E-state index is -0.846. The number of hydrogen-bond acceptors (Lipinski definition) is 4. The van der Waals surface area contributed by atoms with E-state index in [2.05, 4.69) is 20.8 Å². The number of ether oxygens (including phenoxy) is 1. The summed E-state index contributed by atoms with van der Waals surface area (Å²) in [4.78, 5) is 39.3. The van der Waals surface area contributed by atoms with Crippen LogP contribution in [0.3, 0.4) is 0 Å². The number of imide groups is 1. The highest BCUT2D eigenvalue weighted by atomic mass is 35.5. The van der Waals surface area contributed by atoms with Crippen molar-refractivity contribution in [3.05, 3.63) is 34.9 Å². The summed E-state index contributed by atoms with van der Waals surface area (Å²) in [5.74, 6) is -0.711. The lowest BCUT2D eigenvalue weighted by Crippen LogP contribution is -2.46. The average molecular weight is 404 g/mol. The average Bonchev–Trinajstić information content (AvgIpc) is 3.20. The molecule has 2 amide bonds. The number of benzene rings is 1. The summed E-state index contributed by atoms with van der Waals surface area (Å²) in [6.07, 6.45) is 3.40. The van der Waals surface area contributed by atoms with E-state index in [0.29, 0.717) is 22.9 Å². The molecular formula is C22H26ClNO4. The van der Waals surface area contributed by atoms with Crippen molar-refractivity contribution in [3.63, 3.8) is 0 Å². The van der Waals surface area contributed by atoms with Crippen molar-refractivity contribution in [2.75, 3.05) is 0 Å². The van der Waals surface area contributed by atoms with Gasteiger partial charge in [0, 0.05) is 22.4 Å². The fourth-order valence-electron chi connectivity index (χ4n) is 5.42. The second kappa shape index (κ2) is 6.58. The van der Waals surface area contributed by atoms with E-state index in [0.717, 1.165) is 17.7 Å². The Bertz CT molecular complexity index is 833. The summed E-state index contributed by atoms with van der Waals surface area (Å²) in [5.41, 5.74) is 0.411. The van der Waals surface area contributed by atoms with Crippen molar-refractivity contribution in [1.29, 1.82) is 0 Å². The molecule has 28 heavy (non-hydrogen) atoms. The van der Waals surface area contributed by atoms with Crippen LogP contribution >= 0.6 is 11.6 Å². The number of amides is 2. The zero-order valence-corrected chi connectivity index (χ0v) is 17.3. The number of hydrogen-bond donors (Lipinski definition) is 0. The molecule has 6 heteroatoms. The van der Waals surface area contributed by atoms with E-state index in [9.17, 15) is 14.4 Å². The molecule has 4 atom stereocenters. The summed E-state index contributed by atoms with van der Waals surface area (Å²) in [5, 5.41) is 0.507. The molecule has 1 aromatic rings. The van der Waals surface area contributed by atoms with Gasteiger partial charge < -0.3 is 4.74 Å². The van der Waals surface area contributed by atoms with E-state index in [1.807, 2.05) is 0 Å². The quantitative estimate of drug-likeness (QED) is 0.559. The summed E-state index contributed by atoms with van der Waals surface area (Å²) < 4.78 is 5.95. The molecule has 3 aliphatic rings. The van der Waals surface area contributed by atoms with E-state index in [4.69, 9.17) is 16.3 Å².